The molecule has 0 spiro atoms. The van der Waals surface area contributed by atoms with Gasteiger partial charge in [-0.2, -0.15) is 0 Å². The first-order valence-electron chi connectivity index (χ1n) is 6.08. The molecule has 0 amide bonds. The summed E-state index contributed by atoms with van der Waals surface area (Å²) >= 11 is -1.96. The van der Waals surface area contributed by atoms with Gasteiger partial charge in [-0.3, -0.25) is 4.21 Å². The maximum Gasteiger partial charge on any atom is 0.167 e. The van der Waals surface area contributed by atoms with Gasteiger partial charge in [0.1, 0.15) is 0 Å². The molecule has 5 heteroatoms. The lowest BCUT2D eigenvalue weighted by Gasteiger charge is -2.17. The minimum atomic E-state index is -1.96. The lowest BCUT2D eigenvalue weighted by Crippen LogP contribution is -2.12. The lowest BCUT2D eigenvalue weighted by atomic mass is 10.1. The normalized spacial score (nSPS) is 14.2. The first kappa shape index (κ1) is 15.6. The third kappa shape index (κ3) is 7.06. The van der Waals surface area contributed by atoms with Crippen LogP contribution in [0.5, 0.6) is 0 Å². The van der Waals surface area contributed by atoms with Gasteiger partial charge in [-0.25, -0.2) is 0 Å². The molecule has 102 valence electrons. The molecule has 18 heavy (non-hydrogen) atoms. The van der Waals surface area contributed by atoms with E-state index in [1.165, 1.54) is 0 Å². The van der Waals surface area contributed by atoms with Crippen LogP contribution in [0.2, 0.25) is 5.04 Å². The molecule has 1 aromatic carbocycles. The second kappa shape index (κ2) is 7.18. The van der Waals surface area contributed by atoms with Crippen LogP contribution in [0.15, 0.2) is 24.3 Å². The van der Waals surface area contributed by atoms with Gasteiger partial charge in [-0.1, -0.05) is 56.1 Å². The second-order valence-corrected chi connectivity index (χ2v) is 9.47. The summed E-state index contributed by atoms with van der Waals surface area (Å²) in [6.07, 6.45) is 0.570. The highest BCUT2D eigenvalue weighted by molar-refractivity contribution is 7.79. The van der Waals surface area contributed by atoms with E-state index in [2.05, 4.69) is 20.8 Å². The zero-order chi connectivity index (χ0) is 13.6. The fourth-order valence-corrected chi connectivity index (χ4v) is 2.90. The fraction of sp³-hybridized carbons (Fsp3) is 0.538. The van der Waals surface area contributed by atoms with Crippen molar-refractivity contribution in [3.8, 4) is 0 Å². The van der Waals surface area contributed by atoms with E-state index in [4.69, 9.17) is 4.43 Å². The van der Waals surface area contributed by atoms with Crippen LogP contribution in [0.3, 0.4) is 0 Å². The van der Waals surface area contributed by atoms with E-state index in [1.807, 2.05) is 24.3 Å². The van der Waals surface area contributed by atoms with Gasteiger partial charge in [-0.05, 0) is 22.6 Å². The van der Waals surface area contributed by atoms with Crippen LogP contribution in [0, 0.1) is 0 Å². The van der Waals surface area contributed by atoms with Crippen LogP contribution in [0.4, 0.5) is 0 Å². The van der Waals surface area contributed by atoms with E-state index >= 15 is 0 Å². The van der Waals surface area contributed by atoms with Gasteiger partial charge in [0, 0.05) is 5.75 Å². The SMILES string of the molecule is CC(C)(C)[SiH2]OCc1cccc(CCS(=O)[O-])c1. The van der Waals surface area contributed by atoms with Crippen LogP contribution in [0.25, 0.3) is 0 Å². The molecule has 0 aliphatic rings. The van der Waals surface area contributed by atoms with Crippen molar-refractivity contribution in [2.75, 3.05) is 5.75 Å². The lowest BCUT2D eigenvalue weighted by molar-refractivity contribution is 0.309. The van der Waals surface area contributed by atoms with Crippen LogP contribution in [-0.4, -0.2) is 24.3 Å². The summed E-state index contributed by atoms with van der Waals surface area (Å²) in [5, 5.41) is 0.303. The van der Waals surface area contributed by atoms with E-state index in [0.29, 0.717) is 18.1 Å². The summed E-state index contributed by atoms with van der Waals surface area (Å²) in [6.45, 7) is 7.22. The Hall–Kier alpha value is -0.493. The topological polar surface area (TPSA) is 49.4 Å². The van der Waals surface area contributed by atoms with E-state index in [1.54, 1.807) is 0 Å². The average Bonchev–Trinajstić information content (AvgIpc) is 2.25. The summed E-state index contributed by atoms with van der Waals surface area (Å²) in [6, 6.07) is 7.97. The van der Waals surface area contributed by atoms with Gasteiger partial charge in [0.05, 0.1) is 6.61 Å². The van der Waals surface area contributed by atoms with E-state index in [9.17, 15) is 8.76 Å². The third-order valence-electron chi connectivity index (χ3n) is 2.35. The monoisotopic (exact) mass is 285 g/mol. The Kier molecular flexibility index (Phi) is 6.21. The van der Waals surface area contributed by atoms with Crippen molar-refractivity contribution < 1.29 is 13.2 Å². The molecule has 0 N–H and O–H groups in total. The summed E-state index contributed by atoms with van der Waals surface area (Å²) in [5.41, 5.74) is 2.18. The Labute approximate surface area is 114 Å². The van der Waals surface area contributed by atoms with Gasteiger partial charge >= 0.3 is 0 Å². The fourth-order valence-electron chi connectivity index (χ4n) is 1.55. The molecule has 0 fully saturated rings. The smallest absolute Gasteiger partial charge is 0.167 e. The molecule has 0 bridgehead atoms. The van der Waals surface area contributed by atoms with Crippen LogP contribution in [-0.2, 0) is 28.5 Å². The average molecular weight is 285 g/mol. The van der Waals surface area contributed by atoms with Gasteiger partial charge in [0.25, 0.3) is 0 Å². The third-order valence-corrected chi connectivity index (χ3v) is 4.16. The van der Waals surface area contributed by atoms with E-state index in [0.717, 1.165) is 11.1 Å². The van der Waals surface area contributed by atoms with Crippen LogP contribution >= 0.6 is 0 Å². The number of benzene rings is 1. The van der Waals surface area contributed by atoms with Gasteiger partial charge in [-0.15, -0.1) is 0 Å². The molecule has 0 radical (unpaired) electrons. The Morgan fingerprint density at radius 3 is 2.61 bits per heavy atom. The molecular weight excluding hydrogens is 264 g/mol. The highest BCUT2D eigenvalue weighted by Crippen LogP contribution is 2.20. The molecule has 1 unspecified atom stereocenters. The summed E-state index contributed by atoms with van der Waals surface area (Å²) in [4.78, 5) is 0. The second-order valence-electron chi connectivity index (χ2n) is 5.63. The molecule has 0 saturated carbocycles. The Balaban J connectivity index is 2.46. The Bertz CT molecular complexity index is 401. The van der Waals surface area contributed by atoms with E-state index in [-0.39, 0.29) is 5.75 Å². The predicted molar refractivity (Wildman–Crippen MR) is 77.0 cm³/mol. The van der Waals surface area contributed by atoms with Crippen molar-refractivity contribution in [2.45, 2.75) is 38.8 Å². The zero-order valence-corrected chi connectivity index (χ0v) is 13.5. The maximum absolute atomic E-state index is 10.5. The van der Waals surface area contributed by atoms with Crippen LogP contribution < -0.4 is 0 Å². The molecule has 1 rings (SSSR count). The highest BCUT2D eigenvalue weighted by atomic mass is 32.2. The van der Waals surface area contributed by atoms with Crippen molar-refractivity contribution in [3.05, 3.63) is 35.4 Å². The molecule has 0 aromatic heterocycles. The van der Waals surface area contributed by atoms with Crippen molar-refractivity contribution in [1.29, 1.82) is 0 Å². The van der Waals surface area contributed by atoms with Crippen molar-refractivity contribution >= 4 is 20.8 Å². The predicted octanol–water partition coefficient (Wildman–Crippen LogP) is 1.93. The largest absolute Gasteiger partial charge is 0.772 e. The Morgan fingerprint density at radius 1 is 1.33 bits per heavy atom. The van der Waals surface area contributed by atoms with Crippen molar-refractivity contribution in [2.24, 2.45) is 0 Å². The van der Waals surface area contributed by atoms with Crippen molar-refractivity contribution in [1.82, 2.24) is 0 Å². The summed E-state index contributed by atoms with van der Waals surface area (Å²) in [7, 11) is -0.529. The zero-order valence-electron chi connectivity index (χ0n) is 11.3. The molecule has 3 nitrogen and oxygen atoms in total. The molecule has 1 atom stereocenters. The molecule has 0 heterocycles. The maximum atomic E-state index is 10.5. The van der Waals surface area contributed by atoms with Crippen LogP contribution in [0.1, 0.15) is 31.9 Å². The highest BCUT2D eigenvalue weighted by Gasteiger charge is 2.11. The summed E-state index contributed by atoms with van der Waals surface area (Å²) in [5.74, 6) is 0.182. The van der Waals surface area contributed by atoms with Gasteiger partial charge in [0.2, 0.25) is 0 Å². The van der Waals surface area contributed by atoms with Gasteiger partial charge in [0.15, 0.2) is 9.76 Å². The first-order valence-corrected chi connectivity index (χ1v) is 8.61. The number of hydrogen-bond donors (Lipinski definition) is 0. The quantitative estimate of drug-likeness (QED) is 0.593. The molecule has 0 saturated heterocycles. The van der Waals surface area contributed by atoms with Crippen molar-refractivity contribution in [3.63, 3.8) is 0 Å². The first-order chi connectivity index (χ1) is 8.37. The molecule has 0 aliphatic heterocycles. The molecular formula is C13H21O3SSi-. The number of rotatable bonds is 6. The van der Waals surface area contributed by atoms with Gasteiger partial charge < -0.3 is 8.98 Å². The minimum absolute atomic E-state index is 0.182. The number of aryl methyl sites for hydroxylation is 1. The Morgan fingerprint density at radius 2 is 2.00 bits per heavy atom. The molecule has 1 aromatic rings. The summed E-state index contributed by atoms with van der Waals surface area (Å²) < 4.78 is 26.8. The molecule has 0 aliphatic carbocycles. The van der Waals surface area contributed by atoms with E-state index < -0.39 is 20.8 Å². The standard InChI is InChI=1S/C13H22O3SSi/c1-13(2,3)18-16-10-12-6-4-5-11(9-12)7-8-17(14)15/h4-6,9H,7-8,10,18H2,1-3H3,(H,14,15)/p-1. The minimum Gasteiger partial charge on any atom is -0.772 e. The number of hydrogen-bond acceptors (Lipinski definition) is 3.